The third kappa shape index (κ3) is 1.64. The molecule has 1 aromatic rings. The summed E-state index contributed by atoms with van der Waals surface area (Å²) >= 11 is 0. The molecule has 1 aliphatic rings. The van der Waals surface area contributed by atoms with Crippen LogP contribution >= 0.6 is 0 Å². The quantitative estimate of drug-likeness (QED) is 0.692. The fourth-order valence-electron chi connectivity index (χ4n) is 1.82. The van der Waals surface area contributed by atoms with Gasteiger partial charge >= 0.3 is 0 Å². The number of aromatic nitrogens is 1. The van der Waals surface area contributed by atoms with E-state index < -0.39 is 0 Å². The molecule has 0 aliphatic carbocycles. The molecule has 3 heteroatoms. The van der Waals surface area contributed by atoms with Crippen LogP contribution in [0.2, 0.25) is 0 Å². The summed E-state index contributed by atoms with van der Waals surface area (Å²) in [5.41, 5.74) is 0. The summed E-state index contributed by atoms with van der Waals surface area (Å²) in [7, 11) is 0. The molecular formula is C10H13FN2. The molecule has 0 N–H and O–H groups in total. The molecular weight excluding hydrogens is 167 g/mol. The number of halogens is 1. The topological polar surface area (TPSA) is 16.1 Å². The standard InChI is InChI=1S/C10H13FN2/c11-8-9-4-3-7-13(9)10-5-1-2-6-12-10/h1-2,5-6,9H,3-4,7-8H2. The van der Waals surface area contributed by atoms with Gasteiger partial charge in [0.25, 0.3) is 0 Å². The van der Waals surface area contributed by atoms with Crippen molar-refractivity contribution in [2.75, 3.05) is 18.1 Å². The van der Waals surface area contributed by atoms with Gasteiger partial charge in [-0.3, -0.25) is 0 Å². The first kappa shape index (κ1) is 8.48. The SMILES string of the molecule is FCC1CCCN1c1ccccn1. The third-order valence-electron chi connectivity index (χ3n) is 2.50. The van der Waals surface area contributed by atoms with Crippen molar-refractivity contribution in [3.63, 3.8) is 0 Å². The van der Waals surface area contributed by atoms with Crippen molar-refractivity contribution in [2.24, 2.45) is 0 Å². The van der Waals surface area contributed by atoms with Crippen LogP contribution in [0.3, 0.4) is 0 Å². The van der Waals surface area contributed by atoms with E-state index in [1.54, 1.807) is 6.20 Å². The van der Waals surface area contributed by atoms with Gasteiger partial charge in [0, 0.05) is 12.7 Å². The molecule has 2 nitrogen and oxygen atoms in total. The Morgan fingerprint density at radius 3 is 3.15 bits per heavy atom. The lowest BCUT2D eigenvalue weighted by atomic mass is 10.2. The summed E-state index contributed by atoms with van der Waals surface area (Å²) in [6, 6.07) is 5.81. The summed E-state index contributed by atoms with van der Waals surface area (Å²) in [6.07, 6.45) is 3.78. The van der Waals surface area contributed by atoms with Gasteiger partial charge in [0.15, 0.2) is 0 Å². The highest BCUT2D eigenvalue weighted by atomic mass is 19.1. The second-order valence-electron chi connectivity index (χ2n) is 3.33. The van der Waals surface area contributed by atoms with Gasteiger partial charge in [-0.05, 0) is 25.0 Å². The molecule has 1 atom stereocenters. The van der Waals surface area contributed by atoms with Crippen LogP contribution in [0.25, 0.3) is 0 Å². The Hall–Kier alpha value is -1.12. The van der Waals surface area contributed by atoms with Crippen LogP contribution in [0.4, 0.5) is 10.2 Å². The molecule has 0 bridgehead atoms. The first-order valence-corrected chi connectivity index (χ1v) is 4.65. The molecule has 0 saturated carbocycles. The Morgan fingerprint density at radius 1 is 1.54 bits per heavy atom. The van der Waals surface area contributed by atoms with E-state index in [1.165, 1.54) is 0 Å². The van der Waals surface area contributed by atoms with Gasteiger partial charge in [-0.25, -0.2) is 9.37 Å². The molecule has 0 amide bonds. The van der Waals surface area contributed by atoms with E-state index in [0.29, 0.717) is 0 Å². The summed E-state index contributed by atoms with van der Waals surface area (Å²) in [6.45, 7) is 0.669. The van der Waals surface area contributed by atoms with E-state index in [0.717, 1.165) is 25.2 Å². The van der Waals surface area contributed by atoms with Gasteiger partial charge in [0.05, 0.1) is 6.04 Å². The predicted octanol–water partition coefficient (Wildman–Crippen LogP) is 2.02. The Labute approximate surface area is 77.4 Å². The monoisotopic (exact) mass is 180 g/mol. The number of alkyl halides is 1. The zero-order valence-corrected chi connectivity index (χ0v) is 7.49. The maximum Gasteiger partial charge on any atom is 0.128 e. The van der Waals surface area contributed by atoms with Crippen LogP contribution in [0.15, 0.2) is 24.4 Å². The van der Waals surface area contributed by atoms with Crippen LogP contribution in [0.1, 0.15) is 12.8 Å². The maximum atomic E-state index is 12.6. The van der Waals surface area contributed by atoms with Crippen molar-refractivity contribution < 1.29 is 4.39 Å². The molecule has 2 heterocycles. The fraction of sp³-hybridized carbons (Fsp3) is 0.500. The molecule has 70 valence electrons. The molecule has 13 heavy (non-hydrogen) atoms. The Kier molecular flexibility index (Phi) is 2.43. The average Bonchev–Trinajstić information content (AvgIpc) is 2.67. The van der Waals surface area contributed by atoms with Crippen molar-refractivity contribution in [2.45, 2.75) is 18.9 Å². The number of hydrogen-bond donors (Lipinski definition) is 0. The molecule has 1 fully saturated rings. The second kappa shape index (κ2) is 3.73. The van der Waals surface area contributed by atoms with Crippen molar-refractivity contribution >= 4 is 5.82 Å². The van der Waals surface area contributed by atoms with Crippen LogP contribution in [0, 0.1) is 0 Å². The molecule has 1 saturated heterocycles. The Morgan fingerprint density at radius 2 is 2.46 bits per heavy atom. The number of rotatable bonds is 2. The molecule has 1 unspecified atom stereocenters. The van der Waals surface area contributed by atoms with E-state index in [2.05, 4.69) is 9.88 Å². The Bertz CT molecular complexity index is 263. The number of anilines is 1. The van der Waals surface area contributed by atoms with Crippen LogP contribution in [-0.4, -0.2) is 24.2 Å². The first-order chi connectivity index (χ1) is 6.42. The first-order valence-electron chi connectivity index (χ1n) is 4.65. The van der Waals surface area contributed by atoms with Gasteiger partial charge in [0.2, 0.25) is 0 Å². The number of pyridine rings is 1. The third-order valence-corrected chi connectivity index (χ3v) is 2.50. The summed E-state index contributed by atoms with van der Waals surface area (Å²) in [5, 5.41) is 0. The summed E-state index contributed by atoms with van der Waals surface area (Å²) < 4.78 is 12.6. The van der Waals surface area contributed by atoms with Gasteiger partial charge < -0.3 is 4.90 Å². The lowest BCUT2D eigenvalue weighted by Crippen LogP contribution is -2.31. The number of nitrogens with zero attached hydrogens (tertiary/aromatic N) is 2. The summed E-state index contributed by atoms with van der Waals surface area (Å²) in [5.74, 6) is 0.905. The van der Waals surface area contributed by atoms with Gasteiger partial charge in [-0.1, -0.05) is 6.07 Å². The van der Waals surface area contributed by atoms with E-state index in [-0.39, 0.29) is 12.7 Å². The lowest BCUT2D eigenvalue weighted by molar-refractivity contribution is 0.427. The number of hydrogen-bond acceptors (Lipinski definition) is 2. The molecule has 0 spiro atoms. The summed E-state index contributed by atoms with van der Waals surface area (Å²) in [4.78, 5) is 6.27. The zero-order valence-electron chi connectivity index (χ0n) is 7.49. The van der Waals surface area contributed by atoms with Crippen molar-refractivity contribution in [3.05, 3.63) is 24.4 Å². The minimum Gasteiger partial charge on any atom is -0.351 e. The van der Waals surface area contributed by atoms with E-state index in [9.17, 15) is 4.39 Å². The molecule has 1 aliphatic heterocycles. The van der Waals surface area contributed by atoms with Crippen LogP contribution < -0.4 is 4.90 Å². The minimum absolute atomic E-state index is 0.0508. The smallest absolute Gasteiger partial charge is 0.128 e. The molecule has 0 aromatic carbocycles. The van der Waals surface area contributed by atoms with Gasteiger partial charge in [-0.15, -0.1) is 0 Å². The van der Waals surface area contributed by atoms with Crippen molar-refractivity contribution in [1.29, 1.82) is 0 Å². The fourth-order valence-corrected chi connectivity index (χ4v) is 1.82. The van der Waals surface area contributed by atoms with Crippen LogP contribution in [0.5, 0.6) is 0 Å². The van der Waals surface area contributed by atoms with E-state index >= 15 is 0 Å². The molecule has 2 rings (SSSR count). The predicted molar refractivity (Wildman–Crippen MR) is 50.6 cm³/mol. The highest BCUT2D eigenvalue weighted by Crippen LogP contribution is 2.23. The zero-order chi connectivity index (χ0) is 9.10. The minimum atomic E-state index is -0.267. The average molecular weight is 180 g/mol. The maximum absolute atomic E-state index is 12.6. The van der Waals surface area contributed by atoms with Crippen molar-refractivity contribution in [1.82, 2.24) is 4.98 Å². The lowest BCUT2D eigenvalue weighted by Gasteiger charge is -2.22. The van der Waals surface area contributed by atoms with E-state index in [1.807, 2.05) is 18.2 Å². The van der Waals surface area contributed by atoms with E-state index in [4.69, 9.17) is 0 Å². The molecule has 0 radical (unpaired) electrons. The van der Waals surface area contributed by atoms with Crippen LogP contribution in [-0.2, 0) is 0 Å². The Balaban J connectivity index is 2.16. The van der Waals surface area contributed by atoms with Gasteiger partial charge in [0.1, 0.15) is 12.5 Å². The largest absolute Gasteiger partial charge is 0.351 e. The highest BCUT2D eigenvalue weighted by Gasteiger charge is 2.24. The second-order valence-corrected chi connectivity index (χ2v) is 3.33. The van der Waals surface area contributed by atoms with Gasteiger partial charge in [-0.2, -0.15) is 0 Å². The highest BCUT2D eigenvalue weighted by molar-refractivity contribution is 5.40. The van der Waals surface area contributed by atoms with Crippen molar-refractivity contribution in [3.8, 4) is 0 Å². The normalized spacial score (nSPS) is 22.2. The molecule has 1 aromatic heterocycles.